The highest BCUT2D eigenvalue weighted by atomic mass is 32.2. The molecule has 30 heavy (non-hydrogen) atoms. The second kappa shape index (κ2) is 9.24. The van der Waals surface area contributed by atoms with E-state index in [2.05, 4.69) is 9.62 Å². The lowest BCUT2D eigenvalue weighted by Gasteiger charge is -2.40. The van der Waals surface area contributed by atoms with Gasteiger partial charge in [0.2, 0.25) is 20.0 Å². The Kier molecular flexibility index (Phi) is 6.84. The van der Waals surface area contributed by atoms with E-state index in [1.165, 1.54) is 60.7 Å². The fourth-order valence-electron chi connectivity index (χ4n) is 5.03. The van der Waals surface area contributed by atoms with Crippen LogP contribution in [-0.2, 0) is 20.0 Å². The molecule has 2 aliphatic carbocycles. The molecule has 1 aliphatic heterocycles. The third-order valence-electron chi connectivity index (χ3n) is 6.81. The van der Waals surface area contributed by atoms with E-state index in [4.69, 9.17) is 0 Å². The summed E-state index contributed by atoms with van der Waals surface area (Å²) < 4.78 is 55.5. The minimum atomic E-state index is -3.62. The molecule has 0 spiro atoms. The topological polar surface area (TPSA) is 86.8 Å². The molecule has 9 heteroatoms. The molecule has 1 aromatic rings. The van der Waals surface area contributed by atoms with Crippen molar-refractivity contribution in [1.82, 2.24) is 13.9 Å². The molecule has 1 heterocycles. The van der Waals surface area contributed by atoms with E-state index in [1.807, 2.05) is 0 Å². The predicted octanol–water partition coefficient (Wildman–Crippen LogP) is 2.55. The fourth-order valence-corrected chi connectivity index (χ4v) is 7.75. The molecule has 168 valence electrons. The molecule has 0 bridgehead atoms. The largest absolute Gasteiger partial charge is 0.298 e. The Morgan fingerprint density at radius 2 is 1.23 bits per heavy atom. The van der Waals surface area contributed by atoms with Gasteiger partial charge in [-0.3, -0.25) is 4.90 Å². The van der Waals surface area contributed by atoms with Crippen molar-refractivity contribution < 1.29 is 16.8 Å². The van der Waals surface area contributed by atoms with Gasteiger partial charge >= 0.3 is 0 Å². The predicted molar refractivity (Wildman–Crippen MR) is 116 cm³/mol. The van der Waals surface area contributed by atoms with Crippen molar-refractivity contribution >= 4 is 20.0 Å². The van der Waals surface area contributed by atoms with E-state index in [-0.39, 0.29) is 15.8 Å². The molecule has 4 rings (SSSR count). The summed E-state index contributed by atoms with van der Waals surface area (Å²) in [5, 5.41) is 0. The van der Waals surface area contributed by atoms with Crippen molar-refractivity contribution in [2.75, 3.05) is 26.2 Å². The fraction of sp³-hybridized carbons (Fsp3) is 0.714. The summed E-state index contributed by atoms with van der Waals surface area (Å²) in [6.07, 6.45) is 10.1. The maximum absolute atomic E-state index is 13.1. The van der Waals surface area contributed by atoms with Crippen molar-refractivity contribution in [3.05, 3.63) is 24.3 Å². The Hall–Kier alpha value is -1.00. The van der Waals surface area contributed by atoms with Crippen LogP contribution in [0.1, 0.15) is 57.8 Å². The minimum Gasteiger partial charge on any atom is -0.298 e. The normalized spacial score (nSPS) is 23.7. The zero-order valence-corrected chi connectivity index (χ0v) is 19.1. The first-order valence-electron chi connectivity index (χ1n) is 11.2. The van der Waals surface area contributed by atoms with Crippen LogP contribution in [0.4, 0.5) is 0 Å². The third kappa shape index (κ3) is 4.91. The summed E-state index contributed by atoms with van der Waals surface area (Å²) in [5.74, 6) is 0. The van der Waals surface area contributed by atoms with E-state index in [0.717, 1.165) is 38.8 Å². The van der Waals surface area contributed by atoms with E-state index in [0.29, 0.717) is 19.1 Å². The van der Waals surface area contributed by atoms with Gasteiger partial charge in [-0.1, -0.05) is 32.1 Å². The number of benzene rings is 1. The Balaban J connectivity index is 1.39. The summed E-state index contributed by atoms with van der Waals surface area (Å²) in [5.41, 5.74) is 0. The first kappa shape index (κ1) is 22.2. The molecule has 0 amide bonds. The van der Waals surface area contributed by atoms with Crippen molar-refractivity contribution in [3.8, 4) is 0 Å². The highest BCUT2D eigenvalue weighted by Crippen LogP contribution is 2.26. The van der Waals surface area contributed by atoms with Crippen LogP contribution in [-0.4, -0.2) is 64.3 Å². The van der Waals surface area contributed by atoms with Gasteiger partial charge in [0.15, 0.2) is 0 Å². The van der Waals surface area contributed by atoms with Gasteiger partial charge in [0.05, 0.1) is 9.79 Å². The number of sulfonamides is 2. The number of hydrogen-bond donors (Lipinski definition) is 1. The molecule has 1 aromatic carbocycles. The molecular formula is C21H33N3O4S2. The van der Waals surface area contributed by atoms with Gasteiger partial charge in [0, 0.05) is 38.3 Å². The van der Waals surface area contributed by atoms with E-state index < -0.39 is 20.0 Å². The average molecular weight is 456 g/mol. The standard InChI is InChI=1S/C21H33N3O4S2/c25-29(26,22-18-6-4-5-7-18)20-10-12-21(13-11-20)30(27,28)24-16-14-23(15-17-24)19-8-2-1-3-9-19/h10-13,18-19,22H,1-9,14-17H2. The molecule has 0 aromatic heterocycles. The van der Waals surface area contributed by atoms with Gasteiger partial charge in [0.1, 0.15) is 0 Å². The number of piperazine rings is 1. The van der Waals surface area contributed by atoms with Crippen LogP contribution in [0.15, 0.2) is 34.1 Å². The molecule has 2 saturated carbocycles. The summed E-state index contributed by atoms with van der Waals surface area (Å²) in [4.78, 5) is 2.72. The molecule has 3 aliphatic rings. The van der Waals surface area contributed by atoms with Crippen molar-refractivity contribution in [3.63, 3.8) is 0 Å². The minimum absolute atomic E-state index is 0.0149. The number of nitrogens with zero attached hydrogens (tertiary/aromatic N) is 2. The second-order valence-corrected chi connectivity index (χ2v) is 12.5. The monoisotopic (exact) mass is 455 g/mol. The van der Waals surface area contributed by atoms with Gasteiger partial charge in [-0.2, -0.15) is 4.31 Å². The van der Waals surface area contributed by atoms with E-state index in [9.17, 15) is 16.8 Å². The van der Waals surface area contributed by atoms with Gasteiger partial charge in [0.25, 0.3) is 0 Å². The quantitative estimate of drug-likeness (QED) is 0.712. The summed E-state index contributed by atoms with van der Waals surface area (Å²) in [6, 6.07) is 6.24. The Labute approximate surface area is 180 Å². The molecular weight excluding hydrogens is 422 g/mol. The summed E-state index contributed by atoms with van der Waals surface area (Å²) in [6.45, 7) is 2.51. The molecule has 0 radical (unpaired) electrons. The lowest BCUT2D eigenvalue weighted by molar-refractivity contribution is 0.111. The Morgan fingerprint density at radius 3 is 1.83 bits per heavy atom. The highest BCUT2D eigenvalue weighted by molar-refractivity contribution is 7.89. The summed E-state index contributed by atoms with van der Waals surface area (Å²) in [7, 11) is -7.23. The van der Waals surface area contributed by atoms with Crippen LogP contribution >= 0.6 is 0 Å². The molecule has 7 nitrogen and oxygen atoms in total. The second-order valence-electron chi connectivity index (χ2n) is 8.81. The first-order valence-corrected chi connectivity index (χ1v) is 14.2. The van der Waals surface area contributed by atoms with Crippen LogP contribution in [0.5, 0.6) is 0 Å². The summed E-state index contributed by atoms with van der Waals surface area (Å²) >= 11 is 0. The van der Waals surface area contributed by atoms with E-state index in [1.54, 1.807) is 0 Å². The number of nitrogens with one attached hydrogen (secondary N) is 1. The maximum Gasteiger partial charge on any atom is 0.243 e. The van der Waals surface area contributed by atoms with Gasteiger partial charge < -0.3 is 0 Å². The molecule has 1 N–H and O–H groups in total. The highest BCUT2D eigenvalue weighted by Gasteiger charge is 2.32. The number of hydrogen-bond acceptors (Lipinski definition) is 5. The molecule has 1 saturated heterocycles. The number of rotatable bonds is 6. The lowest BCUT2D eigenvalue weighted by Crippen LogP contribution is -2.52. The van der Waals surface area contributed by atoms with Crippen molar-refractivity contribution in [2.24, 2.45) is 0 Å². The van der Waals surface area contributed by atoms with Crippen LogP contribution in [0.3, 0.4) is 0 Å². The zero-order chi connectivity index (χ0) is 21.2. The zero-order valence-electron chi connectivity index (χ0n) is 17.5. The van der Waals surface area contributed by atoms with Gasteiger partial charge in [-0.05, 0) is 49.9 Å². The first-order chi connectivity index (χ1) is 14.4. The van der Waals surface area contributed by atoms with Crippen molar-refractivity contribution in [2.45, 2.75) is 79.7 Å². The maximum atomic E-state index is 13.1. The van der Waals surface area contributed by atoms with Crippen LogP contribution in [0, 0.1) is 0 Å². The van der Waals surface area contributed by atoms with Gasteiger partial charge in [-0.25, -0.2) is 21.6 Å². The van der Waals surface area contributed by atoms with Crippen LogP contribution in [0.25, 0.3) is 0 Å². The SMILES string of the molecule is O=S(=O)(NC1CCCC1)c1ccc(S(=O)(=O)N2CCN(C3CCCCC3)CC2)cc1. The van der Waals surface area contributed by atoms with E-state index >= 15 is 0 Å². The average Bonchev–Trinajstić information content (AvgIpc) is 3.27. The van der Waals surface area contributed by atoms with Crippen molar-refractivity contribution in [1.29, 1.82) is 0 Å². The Morgan fingerprint density at radius 1 is 0.700 bits per heavy atom. The lowest BCUT2D eigenvalue weighted by atomic mass is 9.94. The van der Waals surface area contributed by atoms with Crippen LogP contribution in [0.2, 0.25) is 0 Å². The third-order valence-corrected chi connectivity index (χ3v) is 10.3. The smallest absolute Gasteiger partial charge is 0.243 e. The molecule has 0 unspecified atom stereocenters. The molecule has 0 atom stereocenters. The Bertz CT molecular complexity index is 912. The van der Waals surface area contributed by atoms with Crippen LogP contribution < -0.4 is 4.72 Å². The molecule has 3 fully saturated rings. The van der Waals surface area contributed by atoms with Gasteiger partial charge in [-0.15, -0.1) is 0 Å².